The maximum Gasteiger partial charge on any atom is 0.0931 e. The second kappa shape index (κ2) is 6.96. The summed E-state index contributed by atoms with van der Waals surface area (Å²) in [6, 6.07) is 12.4. The fourth-order valence-corrected chi connectivity index (χ4v) is 3.81. The smallest absolute Gasteiger partial charge is 0.0931 e. The van der Waals surface area contributed by atoms with Crippen molar-refractivity contribution >= 4 is 50.6 Å². The van der Waals surface area contributed by atoms with Gasteiger partial charge in [0.05, 0.1) is 4.34 Å². The second-order valence-electron chi connectivity index (χ2n) is 3.93. The van der Waals surface area contributed by atoms with Crippen LogP contribution in [0.2, 0.25) is 4.34 Å². The van der Waals surface area contributed by atoms with Crippen LogP contribution in [0.25, 0.3) is 0 Å². The molecule has 0 fully saturated rings. The molecule has 0 bridgehead atoms. The van der Waals surface area contributed by atoms with Gasteiger partial charge in [0, 0.05) is 26.0 Å². The van der Waals surface area contributed by atoms with E-state index in [0.29, 0.717) is 0 Å². The number of hydrogen-bond donors (Lipinski definition) is 1. The van der Waals surface area contributed by atoms with E-state index < -0.39 is 0 Å². The molecule has 0 saturated carbocycles. The van der Waals surface area contributed by atoms with Crippen LogP contribution in [-0.4, -0.2) is 11.8 Å². The van der Waals surface area contributed by atoms with E-state index in [1.807, 2.05) is 18.2 Å². The standard InChI is InChI=1S/C13H13BrClNS2/c14-9-1-3-11(4-2-9)17-8-10(16)7-12-5-6-13(15)18-12/h1-6,10H,7-8,16H2. The zero-order chi connectivity index (χ0) is 13.0. The fraction of sp³-hybridized carbons (Fsp3) is 0.231. The first-order valence-electron chi connectivity index (χ1n) is 5.51. The van der Waals surface area contributed by atoms with Crippen LogP contribution in [-0.2, 0) is 6.42 Å². The van der Waals surface area contributed by atoms with Crippen LogP contribution in [0.15, 0.2) is 45.8 Å². The monoisotopic (exact) mass is 361 g/mol. The number of hydrogen-bond acceptors (Lipinski definition) is 3. The van der Waals surface area contributed by atoms with Crippen molar-refractivity contribution in [3.05, 3.63) is 50.1 Å². The van der Waals surface area contributed by atoms with Gasteiger partial charge in [-0.05, 0) is 42.8 Å². The normalized spacial score (nSPS) is 12.6. The van der Waals surface area contributed by atoms with E-state index in [9.17, 15) is 0 Å². The summed E-state index contributed by atoms with van der Waals surface area (Å²) >= 11 is 12.7. The predicted molar refractivity (Wildman–Crippen MR) is 85.9 cm³/mol. The molecule has 2 aromatic rings. The highest BCUT2D eigenvalue weighted by molar-refractivity contribution is 9.10. The maximum atomic E-state index is 6.13. The Morgan fingerprint density at radius 1 is 1.22 bits per heavy atom. The van der Waals surface area contributed by atoms with Gasteiger partial charge in [-0.3, -0.25) is 0 Å². The molecule has 0 aliphatic heterocycles. The van der Waals surface area contributed by atoms with Crippen LogP contribution >= 0.6 is 50.6 Å². The van der Waals surface area contributed by atoms with Gasteiger partial charge in [-0.15, -0.1) is 23.1 Å². The summed E-state index contributed by atoms with van der Waals surface area (Å²) in [6.45, 7) is 0. The SMILES string of the molecule is NC(CSc1ccc(Br)cc1)Cc1ccc(Cl)s1. The Labute approximate surface area is 129 Å². The molecule has 1 heterocycles. The van der Waals surface area contributed by atoms with Crippen molar-refractivity contribution < 1.29 is 0 Å². The lowest BCUT2D eigenvalue weighted by Gasteiger charge is -2.09. The zero-order valence-corrected chi connectivity index (χ0v) is 13.6. The van der Waals surface area contributed by atoms with Crippen molar-refractivity contribution in [3.8, 4) is 0 Å². The molecule has 2 N–H and O–H groups in total. The number of rotatable bonds is 5. The maximum absolute atomic E-state index is 6.13. The minimum absolute atomic E-state index is 0.161. The summed E-state index contributed by atoms with van der Waals surface area (Å²) in [5.74, 6) is 0.914. The van der Waals surface area contributed by atoms with E-state index in [4.69, 9.17) is 17.3 Å². The summed E-state index contributed by atoms with van der Waals surface area (Å²) in [7, 11) is 0. The Hall–Kier alpha value is -0.0000000000000000278. The molecule has 1 atom stereocenters. The van der Waals surface area contributed by atoms with Gasteiger partial charge in [0.2, 0.25) is 0 Å². The highest BCUT2D eigenvalue weighted by Gasteiger charge is 2.07. The molecule has 2 rings (SSSR count). The first kappa shape index (κ1) is 14.4. The van der Waals surface area contributed by atoms with Crippen molar-refractivity contribution in [2.75, 3.05) is 5.75 Å². The van der Waals surface area contributed by atoms with Crippen molar-refractivity contribution in [1.29, 1.82) is 0 Å². The van der Waals surface area contributed by atoms with Gasteiger partial charge in [0.15, 0.2) is 0 Å². The summed E-state index contributed by atoms with van der Waals surface area (Å²) in [4.78, 5) is 2.50. The highest BCUT2D eigenvalue weighted by atomic mass is 79.9. The van der Waals surface area contributed by atoms with Crippen LogP contribution in [0.1, 0.15) is 4.88 Å². The predicted octanol–water partition coefficient (Wildman–Crippen LogP) is 4.83. The Morgan fingerprint density at radius 3 is 2.56 bits per heavy atom. The average Bonchev–Trinajstić information content (AvgIpc) is 2.74. The van der Waals surface area contributed by atoms with E-state index in [-0.39, 0.29) is 6.04 Å². The molecular formula is C13H13BrClNS2. The topological polar surface area (TPSA) is 26.0 Å². The molecule has 0 spiro atoms. The number of benzene rings is 1. The van der Waals surface area contributed by atoms with Crippen molar-refractivity contribution in [2.24, 2.45) is 5.73 Å². The molecule has 1 aromatic carbocycles. The van der Waals surface area contributed by atoms with Crippen LogP contribution in [0.3, 0.4) is 0 Å². The van der Waals surface area contributed by atoms with Crippen molar-refractivity contribution in [2.45, 2.75) is 17.4 Å². The summed E-state index contributed by atoms with van der Waals surface area (Å²) < 4.78 is 1.93. The lowest BCUT2D eigenvalue weighted by atomic mass is 10.2. The van der Waals surface area contributed by atoms with Crippen molar-refractivity contribution in [1.82, 2.24) is 0 Å². The molecule has 1 unspecified atom stereocenters. The third-order valence-electron chi connectivity index (χ3n) is 2.37. The first-order valence-corrected chi connectivity index (χ1v) is 8.49. The fourth-order valence-electron chi connectivity index (χ4n) is 1.51. The van der Waals surface area contributed by atoms with E-state index in [0.717, 1.165) is 21.0 Å². The molecule has 1 aromatic heterocycles. The molecule has 0 radical (unpaired) electrons. The molecule has 96 valence electrons. The van der Waals surface area contributed by atoms with Crippen LogP contribution in [0, 0.1) is 0 Å². The summed E-state index contributed by atoms with van der Waals surface area (Å²) in [5.41, 5.74) is 6.13. The van der Waals surface area contributed by atoms with Gasteiger partial charge in [-0.25, -0.2) is 0 Å². The van der Waals surface area contributed by atoms with E-state index in [1.165, 1.54) is 9.77 Å². The molecule has 5 heteroatoms. The lowest BCUT2D eigenvalue weighted by molar-refractivity contribution is 0.757. The van der Waals surface area contributed by atoms with Gasteiger partial charge < -0.3 is 5.73 Å². The highest BCUT2D eigenvalue weighted by Crippen LogP contribution is 2.25. The van der Waals surface area contributed by atoms with Crippen LogP contribution in [0.5, 0.6) is 0 Å². The second-order valence-corrected chi connectivity index (χ2v) is 7.74. The zero-order valence-electron chi connectivity index (χ0n) is 9.61. The molecule has 18 heavy (non-hydrogen) atoms. The van der Waals surface area contributed by atoms with Gasteiger partial charge in [-0.1, -0.05) is 27.5 Å². The third-order valence-corrected chi connectivity index (χ3v) is 5.35. The Balaban J connectivity index is 1.81. The molecule has 0 amide bonds. The Morgan fingerprint density at radius 2 is 1.94 bits per heavy atom. The molecule has 1 nitrogen and oxygen atoms in total. The van der Waals surface area contributed by atoms with E-state index in [1.54, 1.807) is 23.1 Å². The number of thioether (sulfide) groups is 1. The Kier molecular flexibility index (Phi) is 5.57. The lowest BCUT2D eigenvalue weighted by Crippen LogP contribution is -2.25. The van der Waals surface area contributed by atoms with Gasteiger partial charge >= 0.3 is 0 Å². The van der Waals surface area contributed by atoms with Crippen molar-refractivity contribution in [3.63, 3.8) is 0 Å². The average molecular weight is 363 g/mol. The number of halogens is 2. The van der Waals surface area contributed by atoms with Gasteiger partial charge in [0.25, 0.3) is 0 Å². The minimum Gasteiger partial charge on any atom is -0.327 e. The third kappa shape index (κ3) is 4.59. The van der Waals surface area contributed by atoms with Crippen LogP contribution in [0.4, 0.5) is 0 Å². The van der Waals surface area contributed by atoms with E-state index >= 15 is 0 Å². The van der Waals surface area contributed by atoms with Gasteiger partial charge in [-0.2, -0.15) is 0 Å². The first-order chi connectivity index (χ1) is 8.63. The molecular weight excluding hydrogens is 350 g/mol. The number of nitrogens with two attached hydrogens (primary N) is 1. The largest absolute Gasteiger partial charge is 0.327 e. The van der Waals surface area contributed by atoms with Crippen LogP contribution < -0.4 is 5.73 Å². The van der Waals surface area contributed by atoms with E-state index in [2.05, 4.69) is 34.1 Å². The summed E-state index contributed by atoms with van der Waals surface area (Å²) in [5, 5.41) is 0. The number of thiophene rings is 1. The molecule has 0 saturated heterocycles. The molecule has 0 aliphatic rings. The quantitative estimate of drug-likeness (QED) is 0.771. The Bertz CT molecular complexity index is 498. The van der Waals surface area contributed by atoms with Gasteiger partial charge in [0.1, 0.15) is 0 Å². The summed E-state index contributed by atoms with van der Waals surface area (Å²) in [6.07, 6.45) is 0.890. The minimum atomic E-state index is 0.161. The molecule has 0 aliphatic carbocycles.